The van der Waals surface area contributed by atoms with Crippen LogP contribution in [-0.4, -0.2) is 41.0 Å². The molecule has 134 valence electrons. The summed E-state index contributed by atoms with van der Waals surface area (Å²) in [7, 11) is 1.58. The van der Waals surface area contributed by atoms with E-state index in [0.717, 1.165) is 11.1 Å². The average Bonchev–Trinajstić information content (AvgIpc) is 3.18. The molecule has 1 atom stereocenters. The number of hydrogen-bond donors (Lipinski definition) is 3. The number of nitrogens with one attached hydrogen (secondary N) is 2. The van der Waals surface area contributed by atoms with E-state index in [1.807, 2.05) is 54.6 Å². The largest absolute Gasteiger partial charge is 0.496 e. The van der Waals surface area contributed by atoms with E-state index in [1.54, 1.807) is 7.11 Å². The van der Waals surface area contributed by atoms with Gasteiger partial charge in [0.05, 0.1) is 37.2 Å². The Morgan fingerprint density at radius 3 is 2.65 bits per heavy atom. The van der Waals surface area contributed by atoms with Crippen molar-refractivity contribution >= 4 is 5.91 Å². The van der Waals surface area contributed by atoms with E-state index in [1.165, 1.54) is 6.20 Å². The number of methoxy groups -OCH3 is 1. The average molecular weight is 351 g/mol. The van der Waals surface area contributed by atoms with E-state index < -0.39 is 0 Å². The Morgan fingerprint density at radius 1 is 1.19 bits per heavy atom. The summed E-state index contributed by atoms with van der Waals surface area (Å²) in [6.45, 7) is -0.150. The molecule has 2 aromatic carbocycles. The zero-order valence-electron chi connectivity index (χ0n) is 14.5. The third kappa shape index (κ3) is 3.92. The number of aromatic amines is 1. The second kappa shape index (κ2) is 8.31. The monoisotopic (exact) mass is 351 g/mol. The van der Waals surface area contributed by atoms with Crippen LogP contribution in [-0.2, 0) is 6.42 Å². The lowest BCUT2D eigenvalue weighted by Crippen LogP contribution is -2.39. The topological polar surface area (TPSA) is 87.2 Å². The fourth-order valence-electron chi connectivity index (χ4n) is 2.84. The van der Waals surface area contributed by atoms with Crippen molar-refractivity contribution in [3.63, 3.8) is 0 Å². The van der Waals surface area contributed by atoms with Crippen LogP contribution in [0.2, 0.25) is 0 Å². The standard InChI is InChI=1S/C20H21N3O3/c1-26-18-10-6-5-9-16(18)19-17(12-21-23-19)20(25)22-15(13-24)11-14-7-3-2-4-8-14/h2-10,12,15,24H,11,13H2,1H3,(H,21,23)(H,22,25). The first-order valence-electron chi connectivity index (χ1n) is 8.35. The van der Waals surface area contributed by atoms with E-state index in [0.29, 0.717) is 23.4 Å². The Labute approximate surface area is 151 Å². The molecule has 1 unspecified atom stereocenters. The molecular formula is C20H21N3O3. The van der Waals surface area contributed by atoms with Gasteiger partial charge >= 0.3 is 0 Å². The van der Waals surface area contributed by atoms with Crippen molar-refractivity contribution in [2.45, 2.75) is 12.5 Å². The third-order valence-corrected chi connectivity index (χ3v) is 4.14. The number of H-pyrrole nitrogens is 1. The van der Waals surface area contributed by atoms with Crippen LogP contribution in [0.1, 0.15) is 15.9 Å². The van der Waals surface area contributed by atoms with E-state index in [4.69, 9.17) is 4.74 Å². The van der Waals surface area contributed by atoms with Gasteiger partial charge in [-0.25, -0.2) is 0 Å². The van der Waals surface area contributed by atoms with Crippen molar-refractivity contribution in [3.05, 3.63) is 71.9 Å². The van der Waals surface area contributed by atoms with Gasteiger partial charge < -0.3 is 15.2 Å². The molecule has 26 heavy (non-hydrogen) atoms. The molecule has 0 spiro atoms. The maximum absolute atomic E-state index is 12.7. The maximum Gasteiger partial charge on any atom is 0.255 e. The number of nitrogens with zero attached hydrogens (tertiary/aromatic N) is 1. The van der Waals surface area contributed by atoms with Crippen LogP contribution in [0.4, 0.5) is 0 Å². The Bertz CT molecular complexity index is 862. The van der Waals surface area contributed by atoms with Gasteiger partial charge in [-0.15, -0.1) is 0 Å². The summed E-state index contributed by atoms with van der Waals surface area (Å²) in [4.78, 5) is 12.7. The van der Waals surface area contributed by atoms with E-state index in [-0.39, 0.29) is 18.6 Å². The van der Waals surface area contributed by atoms with E-state index in [2.05, 4.69) is 15.5 Å². The van der Waals surface area contributed by atoms with Crippen LogP contribution in [0.5, 0.6) is 5.75 Å². The van der Waals surface area contributed by atoms with E-state index >= 15 is 0 Å². The highest BCUT2D eigenvalue weighted by atomic mass is 16.5. The number of amides is 1. The Kier molecular flexibility index (Phi) is 5.66. The molecule has 0 radical (unpaired) electrons. The summed E-state index contributed by atoms with van der Waals surface area (Å²) in [5, 5.41) is 19.4. The quantitative estimate of drug-likeness (QED) is 0.610. The lowest BCUT2D eigenvalue weighted by Gasteiger charge is -2.16. The Morgan fingerprint density at radius 2 is 1.92 bits per heavy atom. The maximum atomic E-state index is 12.7. The summed E-state index contributed by atoms with van der Waals surface area (Å²) < 4.78 is 5.37. The van der Waals surface area contributed by atoms with Crippen LogP contribution >= 0.6 is 0 Å². The summed E-state index contributed by atoms with van der Waals surface area (Å²) in [6.07, 6.45) is 2.03. The van der Waals surface area contributed by atoms with Crippen LogP contribution in [0.15, 0.2) is 60.8 Å². The van der Waals surface area contributed by atoms with Gasteiger partial charge in [0.2, 0.25) is 0 Å². The molecule has 3 rings (SSSR count). The SMILES string of the molecule is COc1ccccc1-c1[nH]ncc1C(=O)NC(CO)Cc1ccccc1. The molecule has 0 aliphatic carbocycles. The molecule has 6 nitrogen and oxygen atoms in total. The van der Waals surface area contributed by atoms with Gasteiger partial charge in [0.1, 0.15) is 5.75 Å². The fraction of sp³-hybridized carbons (Fsp3) is 0.200. The number of carbonyl (C=O) groups is 1. The molecular weight excluding hydrogens is 330 g/mol. The van der Waals surface area contributed by atoms with Crippen molar-refractivity contribution in [2.75, 3.05) is 13.7 Å². The van der Waals surface area contributed by atoms with Gasteiger partial charge in [0.15, 0.2) is 0 Å². The molecule has 3 aromatic rings. The highest BCUT2D eigenvalue weighted by Gasteiger charge is 2.20. The number of benzene rings is 2. The molecule has 0 saturated carbocycles. The van der Waals surface area contributed by atoms with Gasteiger partial charge in [-0.2, -0.15) is 5.10 Å². The van der Waals surface area contributed by atoms with Gasteiger partial charge in [-0.05, 0) is 24.1 Å². The zero-order chi connectivity index (χ0) is 18.4. The minimum absolute atomic E-state index is 0.150. The zero-order valence-corrected chi connectivity index (χ0v) is 14.5. The van der Waals surface area contributed by atoms with Gasteiger partial charge in [-0.1, -0.05) is 42.5 Å². The molecule has 6 heteroatoms. The number of carbonyl (C=O) groups excluding carboxylic acids is 1. The fourth-order valence-corrected chi connectivity index (χ4v) is 2.84. The van der Waals surface area contributed by atoms with Crippen molar-refractivity contribution in [3.8, 4) is 17.0 Å². The minimum Gasteiger partial charge on any atom is -0.496 e. The predicted octanol–water partition coefficient (Wildman–Crippen LogP) is 2.42. The molecule has 1 amide bonds. The molecule has 0 aliphatic rings. The molecule has 1 aromatic heterocycles. The predicted molar refractivity (Wildman–Crippen MR) is 99.1 cm³/mol. The van der Waals surface area contributed by atoms with Crippen LogP contribution in [0.25, 0.3) is 11.3 Å². The summed E-state index contributed by atoms with van der Waals surface area (Å²) in [6, 6.07) is 16.8. The van der Waals surface area contributed by atoms with Crippen LogP contribution in [0.3, 0.4) is 0 Å². The Balaban J connectivity index is 1.79. The molecule has 0 saturated heterocycles. The number of aliphatic hydroxyl groups is 1. The molecule has 1 heterocycles. The highest BCUT2D eigenvalue weighted by molar-refractivity contribution is 6.00. The van der Waals surface area contributed by atoms with Crippen LogP contribution < -0.4 is 10.1 Å². The molecule has 0 bridgehead atoms. The second-order valence-electron chi connectivity index (χ2n) is 5.90. The second-order valence-corrected chi connectivity index (χ2v) is 5.90. The Hall–Kier alpha value is -3.12. The van der Waals surface area contributed by atoms with Crippen molar-refractivity contribution in [1.82, 2.24) is 15.5 Å². The number of hydrogen-bond acceptors (Lipinski definition) is 4. The first kappa shape index (κ1) is 17.7. The smallest absolute Gasteiger partial charge is 0.255 e. The number of para-hydroxylation sites is 1. The first-order valence-corrected chi connectivity index (χ1v) is 8.35. The number of aliphatic hydroxyl groups excluding tert-OH is 1. The minimum atomic E-state index is -0.384. The summed E-state index contributed by atoms with van der Waals surface area (Å²) in [5.74, 6) is 0.350. The molecule has 0 aliphatic heterocycles. The first-order chi connectivity index (χ1) is 12.7. The molecule has 3 N–H and O–H groups in total. The number of ether oxygens (including phenoxy) is 1. The lowest BCUT2D eigenvalue weighted by atomic mass is 10.0. The van der Waals surface area contributed by atoms with E-state index in [9.17, 15) is 9.90 Å². The van der Waals surface area contributed by atoms with Crippen LogP contribution in [0, 0.1) is 0 Å². The van der Waals surface area contributed by atoms with Gasteiger partial charge in [0.25, 0.3) is 5.91 Å². The van der Waals surface area contributed by atoms with Gasteiger partial charge in [0, 0.05) is 5.56 Å². The highest BCUT2D eigenvalue weighted by Crippen LogP contribution is 2.30. The molecule has 0 fully saturated rings. The van der Waals surface area contributed by atoms with Crippen molar-refractivity contribution < 1.29 is 14.6 Å². The van der Waals surface area contributed by atoms with Crippen molar-refractivity contribution in [2.24, 2.45) is 0 Å². The summed E-state index contributed by atoms with van der Waals surface area (Å²) in [5.41, 5.74) is 2.78. The lowest BCUT2D eigenvalue weighted by molar-refractivity contribution is 0.0917. The third-order valence-electron chi connectivity index (χ3n) is 4.14. The summed E-state index contributed by atoms with van der Waals surface area (Å²) >= 11 is 0. The number of aromatic nitrogens is 2. The van der Waals surface area contributed by atoms with Gasteiger partial charge in [-0.3, -0.25) is 9.89 Å². The normalized spacial score (nSPS) is 11.8. The number of rotatable bonds is 7. The van der Waals surface area contributed by atoms with Crippen molar-refractivity contribution in [1.29, 1.82) is 0 Å².